The summed E-state index contributed by atoms with van der Waals surface area (Å²) < 4.78 is 52.4. The Morgan fingerprint density at radius 1 is 0.769 bits per heavy atom. The van der Waals surface area contributed by atoms with E-state index in [9.17, 15) is 17.2 Å². The van der Waals surface area contributed by atoms with Crippen LogP contribution in [0, 0.1) is 11.6 Å². The van der Waals surface area contributed by atoms with Crippen molar-refractivity contribution in [3.8, 4) is 0 Å². The predicted octanol–water partition coefficient (Wildman–Crippen LogP) is 5.73. The van der Waals surface area contributed by atoms with E-state index in [-0.39, 0.29) is 15.4 Å². The zero-order valence-electron chi connectivity index (χ0n) is 13.4. The molecule has 0 bridgehead atoms. The van der Waals surface area contributed by atoms with E-state index in [4.69, 9.17) is 0 Å². The van der Waals surface area contributed by atoms with Crippen LogP contribution in [0.15, 0.2) is 81.0 Å². The summed E-state index contributed by atoms with van der Waals surface area (Å²) in [6, 6.07) is 16.1. The number of rotatable bonds is 4. The Labute approximate surface area is 158 Å². The van der Waals surface area contributed by atoms with Crippen molar-refractivity contribution in [1.82, 2.24) is 0 Å². The number of sulfone groups is 1. The molecule has 132 valence electrons. The molecule has 6 heteroatoms. The third kappa shape index (κ3) is 3.92. The van der Waals surface area contributed by atoms with E-state index in [0.717, 1.165) is 6.07 Å². The molecule has 0 saturated heterocycles. The summed E-state index contributed by atoms with van der Waals surface area (Å²) in [5.41, 5.74) is 0.903. The number of hydrogen-bond donors (Lipinski definition) is 0. The zero-order valence-corrected chi connectivity index (χ0v) is 15.8. The maximum absolute atomic E-state index is 13.7. The molecule has 0 heterocycles. The fourth-order valence-electron chi connectivity index (χ4n) is 2.36. The van der Waals surface area contributed by atoms with E-state index in [0.29, 0.717) is 10.0 Å². The van der Waals surface area contributed by atoms with Gasteiger partial charge < -0.3 is 0 Å². The zero-order chi connectivity index (χ0) is 18.7. The lowest BCUT2D eigenvalue weighted by molar-refractivity contribution is 0.581. The molecule has 0 N–H and O–H groups in total. The van der Waals surface area contributed by atoms with Gasteiger partial charge in [-0.1, -0.05) is 52.3 Å². The molecule has 0 aromatic heterocycles. The highest BCUT2D eigenvalue weighted by Gasteiger charge is 2.17. The average molecular weight is 435 g/mol. The molecular weight excluding hydrogens is 422 g/mol. The molecular formula is C20H13BrF2O2S. The summed E-state index contributed by atoms with van der Waals surface area (Å²) in [5, 5.41) is 0. The van der Waals surface area contributed by atoms with Crippen molar-refractivity contribution < 1.29 is 17.2 Å². The van der Waals surface area contributed by atoms with Crippen molar-refractivity contribution in [2.24, 2.45) is 0 Å². The van der Waals surface area contributed by atoms with Crippen molar-refractivity contribution in [3.05, 3.63) is 94.0 Å². The number of halogens is 3. The molecule has 0 fully saturated rings. The van der Waals surface area contributed by atoms with Crippen molar-refractivity contribution >= 4 is 37.9 Å². The van der Waals surface area contributed by atoms with Gasteiger partial charge in [0.05, 0.1) is 9.79 Å². The second kappa shape index (κ2) is 7.51. The molecule has 3 rings (SSSR count). The first-order valence-corrected chi connectivity index (χ1v) is 9.88. The molecule has 0 spiro atoms. The van der Waals surface area contributed by atoms with Gasteiger partial charge in [0.15, 0.2) is 0 Å². The standard InChI is InChI=1S/C20H13BrF2O2S/c21-19-13-18(26(24,25)17-4-2-1-3-5-17)11-9-14(19)6-7-15-8-10-16(22)12-20(15)23/h1-13H. The molecule has 0 saturated carbocycles. The van der Waals surface area contributed by atoms with Gasteiger partial charge in [-0.2, -0.15) is 0 Å². The first-order valence-electron chi connectivity index (χ1n) is 7.61. The molecule has 0 atom stereocenters. The Hall–Kier alpha value is -2.31. The van der Waals surface area contributed by atoms with Crippen LogP contribution in [0.3, 0.4) is 0 Å². The Kier molecular flexibility index (Phi) is 5.34. The highest BCUT2D eigenvalue weighted by molar-refractivity contribution is 9.10. The van der Waals surface area contributed by atoms with Gasteiger partial charge in [-0.3, -0.25) is 0 Å². The molecule has 3 aromatic carbocycles. The van der Waals surface area contributed by atoms with Crippen molar-refractivity contribution in [1.29, 1.82) is 0 Å². The van der Waals surface area contributed by atoms with Crippen LogP contribution in [-0.4, -0.2) is 8.42 Å². The molecule has 0 radical (unpaired) electrons. The van der Waals surface area contributed by atoms with Crippen LogP contribution >= 0.6 is 15.9 Å². The van der Waals surface area contributed by atoms with Crippen molar-refractivity contribution in [2.45, 2.75) is 9.79 Å². The fraction of sp³-hybridized carbons (Fsp3) is 0. The second-order valence-electron chi connectivity index (χ2n) is 5.50. The Morgan fingerprint density at radius 2 is 1.42 bits per heavy atom. The van der Waals surface area contributed by atoms with Gasteiger partial charge in [-0.15, -0.1) is 0 Å². The topological polar surface area (TPSA) is 34.1 Å². The van der Waals surface area contributed by atoms with Gasteiger partial charge >= 0.3 is 0 Å². The summed E-state index contributed by atoms with van der Waals surface area (Å²) >= 11 is 3.35. The van der Waals surface area contributed by atoms with Gasteiger partial charge in [0.2, 0.25) is 9.84 Å². The fourth-order valence-corrected chi connectivity index (χ4v) is 4.33. The lowest BCUT2D eigenvalue weighted by Gasteiger charge is -2.07. The second-order valence-corrected chi connectivity index (χ2v) is 8.30. The van der Waals surface area contributed by atoms with Gasteiger partial charge in [-0.05, 0) is 42.0 Å². The predicted molar refractivity (Wildman–Crippen MR) is 101 cm³/mol. The molecule has 0 aliphatic heterocycles. The van der Waals surface area contributed by atoms with Crippen LogP contribution < -0.4 is 0 Å². The van der Waals surface area contributed by atoms with Crippen molar-refractivity contribution in [2.75, 3.05) is 0 Å². The lowest BCUT2D eigenvalue weighted by atomic mass is 10.1. The third-order valence-corrected chi connectivity index (χ3v) is 6.19. The minimum atomic E-state index is -3.61. The average Bonchev–Trinajstić information content (AvgIpc) is 2.62. The maximum atomic E-state index is 13.7. The van der Waals surface area contributed by atoms with Gasteiger partial charge in [-0.25, -0.2) is 17.2 Å². The van der Waals surface area contributed by atoms with E-state index < -0.39 is 21.5 Å². The minimum absolute atomic E-state index is 0.153. The molecule has 0 unspecified atom stereocenters. The summed E-state index contributed by atoms with van der Waals surface area (Å²) in [6.07, 6.45) is 3.12. The summed E-state index contributed by atoms with van der Waals surface area (Å²) in [6.45, 7) is 0. The normalized spacial score (nSPS) is 11.8. The van der Waals surface area contributed by atoms with Crippen LogP contribution in [0.2, 0.25) is 0 Å². The smallest absolute Gasteiger partial charge is 0.206 e. The SMILES string of the molecule is O=S(=O)(c1ccccc1)c1ccc(C=Cc2ccc(F)cc2F)c(Br)c1. The Bertz CT molecular complexity index is 1080. The van der Waals surface area contributed by atoms with Crippen molar-refractivity contribution in [3.63, 3.8) is 0 Å². The first kappa shape index (κ1) is 18.5. The van der Waals surface area contributed by atoms with Crippen LogP contribution in [0.1, 0.15) is 11.1 Å². The third-order valence-electron chi connectivity index (χ3n) is 3.74. The quantitative estimate of drug-likeness (QED) is 0.491. The maximum Gasteiger partial charge on any atom is 0.206 e. The van der Waals surface area contributed by atoms with Gasteiger partial charge in [0.1, 0.15) is 11.6 Å². The van der Waals surface area contributed by atoms with E-state index in [1.54, 1.807) is 30.3 Å². The first-order chi connectivity index (χ1) is 12.4. The minimum Gasteiger partial charge on any atom is -0.219 e. The summed E-state index contributed by atoms with van der Waals surface area (Å²) in [7, 11) is -3.61. The molecule has 0 amide bonds. The Balaban J connectivity index is 1.92. The summed E-state index contributed by atoms with van der Waals surface area (Å²) in [4.78, 5) is 0.365. The van der Waals surface area contributed by atoms with Crippen LogP contribution in [0.5, 0.6) is 0 Å². The molecule has 0 aliphatic carbocycles. The number of hydrogen-bond acceptors (Lipinski definition) is 2. The van der Waals surface area contributed by atoms with E-state index in [1.165, 1.54) is 42.5 Å². The highest BCUT2D eigenvalue weighted by Crippen LogP contribution is 2.27. The molecule has 3 aromatic rings. The van der Waals surface area contributed by atoms with E-state index in [1.807, 2.05) is 0 Å². The van der Waals surface area contributed by atoms with Crippen LogP contribution in [0.25, 0.3) is 12.2 Å². The Morgan fingerprint density at radius 3 is 2.08 bits per heavy atom. The van der Waals surface area contributed by atoms with E-state index >= 15 is 0 Å². The molecule has 2 nitrogen and oxygen atoms in total. The molecule has 0 aliphatic rings. The molecule has 26 heavy (non-hydrogen) atoms. The van der Waals surface area contributed by atoms with E-state index in [2.05, 4.69) is 15.9 Å². The lowest BCUT2D eigenvalue weighted by Crippen LogP contribution is -2.01. The monoisotopic (exact) mass is 434 g/mol. The van der Waals surface area contributed by atoms with Crippen LogP contribution in [0.4, 0.5) is 8.78 Å². The summed E-state index contributed by atoms with van der Waals surface area (Å²) in [5.74, 6) is -1.31. The largest absolute Gasteiger partial charge is 0.219 e. The van der Waals surface area contributed by atoms with Gasteiger partial charge in [0.25, 0.3) is 0 Å². The highest BCUT2D eigenvalue weighted by atomic mass is 79.9. The number of benzene rings is 3. The van der Waals surface area contributed by atoms with Crippen LogP contribution in [-0.2, 0) is 9.84 Å². The van der Waals surface area contributed by atoms with Gasteiger partial charge in [0, 0.05) is 16.1 Å².